The van der Waals surface area contributed by atoms with Crippen LogP contribution in [0.15, 0.2) is 30.4 Å². The van der Waals surface area contributed by atoms with Crippen LogP contribution in [0.4, 0.5) is 0 Å². The second-order valence-electron chi connectivity index (χ2n) is 8.30. The highest BCUT2D eigenvalue weighted by Crippen LogP contribution is 2.74. The molecule has 0 amide bonds. The second-order valence-corrected chi connectivity index (χ2v) is 8.30. The lowest BCUT2D eigenvalue weighted by Gasteiger charge is -2.56. The van der Waals surface area contributed by atoms with Gasteiger partial charge in [0, 0.05) is 10.8 Å². The molecule has 2 N–H and O–H groups in total. The van der Waals surface area contributed by atoms with Crippen molar-refractivity contribution >= 4 is 0 Å². The van der Waals surface area contributed by atoms with Crippen LogP contribution in [-0.4, -0.2) is 15.8 Å². The first-order chi connectivity index (χ1) is 10.5. The van der Waals surface area contributed by atoms with Crippen molar-refractivity contribution in [2.24, 2.45) is 16.7 Å². The highest BCUT2D eigenvalue weighted by molar-refractivity contribution is 5.44. The molecule has 4 aliphatic carbocycles. The fraction of sp³-hybridized carbons (Fsp3) is 0.600. The lowest BCUT2D eigenvalue weighted by Crippen LogP contribution is -2.52. The van der Waals surface area contributed by atoms with E-state index in [1.165, 1.54) is 24.0 Å². The maximum Gasteiger partial charge on any atom is 0.115 e. The lowest BCUT2D eigenvalue weighted by atomic mass is 9.48. The summed E-state index contributed by atoms with van der Waals surface area (Å²) in [6, 6.07) is 5.97. The van der Waals surface area contributed by atoms with Gasteiger partial charge in [0.05, 0.1) is 5.60 Å². The monoisotopic (exact) mass is 296 g/mol. The van der Waals surface area contributed by atoms with Crippen molar-refractivity contribution in [1.29, 1.82) is 0 Å². The molecule has 5 rings (SSSR count). The van der Waals surface area contributed by atoms with Gasteiger partial charge in [-0.05, 0) is 73.6 Å². The van der Waals surface area contributed by atoms with Crippen molar-refractivity contribution in [3.8, 4) is 5.75 Å². The summed E-state index contributed by atoms with van der Waals surface area (Å²) in [7, 11) is 0. The Morgan fingerprint density at radius 1 is 1.09 bits per heavy atom. The summed E-state index contributed by atoms with van der Waals surface area (Å²) in [5, 5.41) is 20.9. The molecule has 2 nitrogen and oxygen atoms in total. The van der Waals surface area contributed by atoms with Crippen LogP contribution in [0.3, 0.4) is 0 Å². The van der Waals surface area contributed by atoms with Gasteiger partial charge in [0.2, 0.25) is 0 Å². The number of benzene rings is 1. The van der Waals surface area contributed by atoms with E-state index in [-0.39, 0.29) is 10.8 Å². The Morgan fingerprint density at radius 2 is 1.95 bits per heavy atom. The van der Waals surface area contributed by atoms with E-state index in [9.17, 15) is 10.2 Å². The highest BCUT2D eigenvalue weighted by atomic mass is 16.3. The molecule has 1 aromatic carbocycles. The number of aromatic hydroxyl groups is 1. The van der Waals surface area contributed by atoms with Gasteiger partial charge >= 0.3 is 0 Å². The van der Waals surface area contributed by atoms with E-state index in [4.69, 9.17) is 0 Å². The molecule has 1 aromatic rings. The molecule has 4 aliphatic rings. The topological polar surface area (TPSA) is 40.5 Å². The van der Waals surface area contributed by atoms with Crippen molar-refractivity contribution in [3.05, 3.63) is 41.5 Å². The van der Waals surface area contributed by atoms with E-state index in [0.29, 0.717) is 17.6 Å². The van der Waals surface area contributed by atoms with E-state index in [1.54, 1.807) is 0 Å². The van der Waals surface area contributed by atoms with E-state index < -0.39 is 5.60 Å². The van der Waals surface area contributed by atoms with Crippen molar-refractivity contribution < 1.29 is 10.2 Å². The Balaban J connectivity index is 1.64. The standard InChI is InChI=1S/C20H24O2/c1-18-7-6-16-15-4-3-14(21)12-13(15)2-5-17(16)19(18)8-10-20(18,22)11-9-19/h3-4,8,10,12,16-17,21-22H,2,5-7,9,11H2,1H3/t16-,17-,18+,19-,20+/m1/s1. The number of rotatable bonds is 0. The molecule has 2 heteroatoms. The molecule has 0 unspecified atom stereocenters. The van der Waals surface area contributed by atoms with E-state index in [1.807, 2.05) is 12.1 Å². The van der Waals surface area contributed by atoms with Gasteiger partial charge in [0.1, 0.15) is 5.75 Å². The molecule has 0 heterocycles. The van der Waals surface area contributed by atoms with Crippen LogP contribution in [0.5, 0.6) is 5.75 Å². The normalized spacial score (nSPS) is 47.9. The Labute approximate surface area is 131 Å². The summed E-state index contributed by atoms with van der Waals surface area (Å²) in [6.07, 6.45) is 11.1. The third kappa shape index (κ3) is 1.24. The third-order valence-corrected chi connectivity index (χ3v) is 7.91. The molecule has 22 heavy (non-hydrogen) atoms. The first-order valence-electron chi connectivity index (χ1n) is 8.74. The molecule has 0 aromatic heterocycles. The molecule has 0 aliphatic heterocycles. The van der Waals surface area contributed by atoms with E-state index in [0.717, 1.165) is 25.7 Å². The molecule has 0 saturated heterocycles. The zero-order valence-corrected chi connectivity index (χ0v) is 13.2. The van der Waals surface area contributed by atoms with E-state index in [2.05, 4.69) is 25.1 Å². The molecular weight excluding hydrogens is 272 g/mol. The summed E-state index contributed by atoms with van der Waals surface area (Å²) in [5.74, 6) is 1.64. The minimum Gasteiger partial charge on any atom is -0.508 e. The van der Waals surface area contributed by atoms with Crippen LogP contribution in [0.2, 0.25) is 0 Å². The van der Waals surface area contributed by atoms with Crippen LogP contribution in [0.25, 0.3) is 0 Å². The average molecular weight is 296 g/mol. The first kappa shape index (κ1) is 13.2. The van der Waals surface area contributed by atoms with Crippen molar-refractivity contribution in [2.45, 2.75) is 57.0 Å². The molecule has 5 atom stereocenters. The Kier molecular flexibility index (Phi) is 2.27. The first-order valence-corrected chi connectivity index (χ1v) is 8.74. The molecular formula is C20H24O2. The Hall–Kier alpha value is -1.28. The largest absolute Gasteiger partial charge is 0.508 e. The highest BCUT2D eigenvalue weighted by Gasteiger charge is 2.70. The SMILES string of the molecule is C[C@]12CC[C@@H]3c4ccc(O)cc4CC[C@H]3[C@]13C=C[C@]2(O)CC3. The number of aryl methyl sites for hydroxylation is 1. The predicted molar refractivity (Wildman–Crippen MR) is 85.8 cm³/mol. The molecule has 0 radical (unpaired) electrons. The van der Waals surface area contributed by atoms with Crippen LogP contribution >= 0.6 is 0 Å². The average Bonchev–Trinajstić information content (AvgIpc) is 2.88. The maximum atomic E-state index is 11.1. The Bertz CT molecular complexity index is 693. The fourth-order valence-corrected chi connectivity index (χ4v) is 6.66. The third-order valence-electron chi connectivity index (χ3n) is 7.91. The summed E-state index contributed by atoms with van der Waals surface area (Å²) in [6.45, 7) is 2.34. The molecule has 0 spiro atoms. The zero-order valence-electron chi connectivity index (χ0n) is 13.2. The maximum absolute atomic E-state index is 11.1. The molecule has 2 fully saturated rings. The van der Waals surface area contributed by atoms with Crippen LogP contribution in [0, 0.1) is 16.7 Å². The van der Waals surface area contributed by atoms with Gasteiger partial charge in [-0.1, -0.05) is 25.1 Å². The Morgan fingerprint density at radius 3 is 2.73 bits per heavy atom. The molecule has 116 valence electrons. The summed E-state index contributed by atoms with van der Waals surface area (Å²) < 4.78 is 0. The number of hydrogen-bond donors (Lipinski definition) is 2. The number of fused-ring (bicyclic) bond motifs is 3. The lowest BCUT2D eigenvalue weighted by molar-refractivity contribution is -0.0870. The van der Waals surface area contributed by atoms with Gasteiger partial charge in [0.15, 0.2) is 0 Å². The molecule has 2 bridgehead atoms. The fourth-order valence-electron chi connectivity index (χ4n) is 6.66. The summed E-state index contributed by atoms with van der Waals surface area (Å²) in [4.78, 5) is 0. The predicted octanol–water partition coefficient (Wildman–Crippen LogP) is 3.92. The number of aliphatic hydroxyl groups is 1. The minimum atomic E-state index is -0.562. The van der Waals surface area contributed by atoms with Gasteiger partial charge < -0.3 is 10.2 Å². The van der Waals surface area contributed by atoms with Gasteiger partial charge in [-0.2, -0.15) is 0 Å². The number of hydrogen-bond acceptors (Lipinski definition) is 2. The van der Waals surface area contributed by atoms with Gasteiger partial charge in [-0.25, -0.2) is 0 Å². The smallest absolute Gasteiger partial charge is 0.115 e. The minimum absolute atomic E-state index is 0.0373. The van der Waals surface area contributed by atoms with Gasteiger partial charge in [-0.3, -0.25) is 0 Å². The number of phenols is 1. The summed E-state index contributed by atoms with van der Waals surface area (Å²) >= 11 is 0. The van der Waals surface area contributed by atoms with Crippen molar-refractivity contribution in [1.82, 2.24) is 0 Å². The zero-order chi connectivity index (χ0) is 15.2. The van der Waals surface area contributed by atoms with Crippen molar-refractivity contribution in [3.63, 3.8) is 0 Å². The van der Waals surface area contributed by atoms with Crippen LogP contribution in [-0.2, 0) is 6.42 Å². The second kappa shape index (κ2) is 3.79. The summed E-state index contributed by atoms with van der Waals surface area (Å²) in [5.41, 5.74) is 2.47. The van der Waals surface area contributed by atoms with Crippen LogP contribution in [0.1, 0.15) is 56.1 Å². The van der Waals surface area contributed by atoms with Crippen molar-refractivity contribution in [2.75, 3.05) is 0 Å². The van der Waals surface area contributed by atoms with E-state index >= 15 is 0 Å². The number of phenolic OH excluding ortho intramolecular Hbond substituents is 1. The van der Waals surface area contributed by atoms with Gasteiger partial charge in [-0.15, -0.1) is 0 Å². The van der Waals surface area contributed by atoms with Gasteiger partial charge in [0.25, 0.3) is 0 Å². The quantitative estimate of drug-likeness (QED) is 0.712. The molecule has 2 saturated carbocycles. The van der Waals surface area contributed by atoms with Crippen LogP contribution < -0.4 is 0 Å². The number of allylic oxidation sites excluding steroid dienone is 1.